The van der Waals surface area contributed by atoms with E-state index in [1.165, 1.54) is 0 Å². The molecule has 2 aliphatic rings. The van der Waals surface area contributed by atoms with Crippen LogP contribution in [0.15, 0.2) is 30.3 Å². The van der Waals surface area contributed by atoms with Crippen LogP contribution in [0.4, 0.5) is 0 Å². The number of carbonyl (C=O) groups excluding carboxylic acids is 1. The molecule has 0 aliphatic carbocycles. The van der Waals surface area contributed by atoms with E-state index in [0.29, 0.717) is 26.3 Å². The van der Waals surface area contributed by atoms with Crippen molar-refractivity contribution in [2.75, 3.05) is 32.9 Å². The molecule has 2 aliphatic heterocycles. The summed E-state index contributed by atoms with van der Waals surface area (Å²) in [7, 11) is 0. The minimum absolute atomic E-state index is 0.0457. The van der Waals surface area contributed by atoms with Gasteiger partial charge >= 0.3 is 0 Å². The summed E-state index contributed by atoms with van der Waals surface area (Å²) >= 11 is 0. The number of piperidine rings is 1. The maximum Gasteiger partial charge on any atom is 0.259 e. The van der Waals surface area contributed by atoms with Crippen LogP contribution in [0, 0.1) is 0 Å². The van der Waals surface area contributed by atoms with E-state index in [4.69, 9.17) is 14.6 Å². The van der Waals surface area contributed by atoms with Crippen molar-refractivity contribution in [2.45, 2.75) is 37.4 Å². The molecule has 0 radical (unpaired) electrons. The Morgan fingerprint density at radius 3 is 2.65 bits per heavy atom. The van der Waals surface area contributed by atoms with Crippen molar-refractivity contribution >= 4 is 5.91 Å². The predicted octanol–water partition coefficient (Wildman–Crippen LogP) is 1.69. The molecule has 1 N–H and O–H groups in total. The van der Waals surface area contributed by atoms with E-state index in [1.807, 2.05) is 35.2 Å². The van der Waals surface area contributed by atoms with Crippen molar-refractivity contribution < 1.29 is 19.4 Å². The van der Waals surface area contributed by atoms with Gasteiger partial charge in [-0.25, -0.2) is 0 Å². The minimum Gasteiger partial charge on any atom is -0.394 e. The molecule has 3 rings (SSSR count). The molecule has 2 heterocycles. The van der Waals surface area contributed by atoms with Gasteiger partial charge in [0, 0.05) is 19.7 Å². The number of nitrogens with zero attached hydrogens (tertiary/aromatic N) is 1. The first kappa shape index (κ1) is 16.4. The van der Waals surface area contributed by atoms with E-state index < -0.39 is 5.60 Å². The Hall–Kier alpha value is -1.43. The van der Waals surface area contributed by atoms with Gasteiger partial charge in [-0.05, 0) is 31.2 Å². The van der Waals surface area contributed by atoms with Crippen molar-refractivity contribution in [1.82, 2.24) is 4.90 Å². The maximum atomic E-state index is 13.2. The lowest BCUT2D eigenvalue weighted by molar-refractivity contribution is -0.157. The summed E-state index contributed by atoms with van der Waals surface area (Å²) in [4.78, 5) is 15.1. The number of amides is 1. The van der Waals surface area contributed by atoms with Crippen molar-refractivity contribution in [3.63, 3.8) is 0 Å². The number of rotatable bonds is 5. The average Bonchev–Trinajstić information content (AvgIpc) is 3.11. The fraction of sp³-hybridized carbons (Fsp3) is 0.611. The summed E-state index contributed by atoms with van der Waals surface area (Å²) in [5, 5.41) is 8.83. The fourth-order valence-electron chi connectivity index (χ4n) is 3.57. The topological polar surface area (TPSA) is 59.0 Å². The molecule has 0 saturated carbocycles. The van der Waals surface area contributed by atoms with Crippen LogP contribution < -0.4 is 0 Å². The number of benzene rings is 1. The van der Waals surface area contributed by atoms with Crippen molar-refractivity contribution in [1.29, 1.82) is 0 Å². The Morgan fingerprint density at radius 2 is 2.04 bits per heavy atom. The third kappa shape index (κ3) is 3.42. The van der Waals surface area contributed by atoms with Gasteiger partial charge in [-0.1, -0.05) is 30.3 Å². The summed E-state index contributed by atoms with van der Waals surface area (Å²) in [5.41, 5.74) is 0.154. The monoisotopic (exact) mass is 319 g/mol. The van der Waals surface area contributed by atoms with Crippen molar-refractivity contribution in [2.24, 2.45) is 0 Å². The van der Waals surface area contributed by atoms with Crippen LogP contribution in [0.25, 0.3) is 0 Å². The summed E-state index contributed by atoms with van der Waals surface area (Å²) in [6.45, 7) is 2.43. The standard InChI is InChI=1S/C18H25NO4/c20-12-14-22-16-7-10-19(11-8-16)17(21)18(9-4-13-23-18)15-5-2-1-3-6-15/h1-3,5-6,16,20H,4,7-14H2. The molecule has 1 amide bonds. The van der Waals surface area contributed by atoms with Crippen LogP contribution in [0.1, 0.15) is 31.2 Å². The minimum atomic E-state index is -0.806. The molecule has 1 aromatic carbocycles. The van der Waals surface area contributed by atoms with Crippen molar-refractivity contribution in [3.8, 4) is 0 Å². The molecule has 5 heteroatoms. The molecule has 23 heavy (non-hydrogen) atoms. The summed E-state index contributed by atoms with van der Waals surface area (Å²) in [6, 6.07) is 9.85. The third-order valence-electron chi connectivity index (χ3n) is 4.78. The van der Waals surface area contributed by atoms with E-state index in [1.54, 1.807) is 0 Å². The van der Waals surface area contributed by atoms with Gasteiger partial charge in [0.15, 0.2) is 5.60 Å². The summed E-state index contributed by atoms with van der Waals surface area (Å²) in [6.07, 6.45) is 3.43. The van der Waals surface area contributed by atoms with Gasteiger partial charge in [-0.2, -0.15) is 0 Å². The Labute approximate surface area is 137 Å². The van der Waals surface area contributed by atoms with Gasteiger partial charge in [0.05, 0.1) is 19.3 Å². The van der Waals surface area contributed by atoms with Crippen LogP contribution in [-0.4, -0.2) is 54.9 Å². The fourth-order valence-corrected chi connectivity index (χ4v) is 3.57. The zero-order chi connectivity index (χ0) is 16.1. The molecule has 0 aromatic heterocycles. The van der Waals surface area contributed by atoms with E-state index in [0.717, 1.165) is 31.2 Å². The molecule has 0 bridgehead atoms. The molecule has 126 valence electrons. The highest BCUT2D eigenvalue weighted by Gasteiger charge is 2.47. The number of likely N-dealkylation sites (tertiary alicyclic amines) is 1. The first-order valence-electron chi connectivity index (χ1n) is 8.47. The first-order valence-corrected chi connectivity index (χ1v) is 8.47. The van der Waals surface area contributed by atoms with Crippen LogP contribution in [0.3, 0.4) is 0 Å². The Morgan fingerprint density at radius 1 is 1.30 bits per heavy atom. The average molecular weight is 319 g/mol. The third-order valence-corrected chi connectivity index (χ3v) is 4.78. The molecule has 1 unspecified atom stereocenters. The van der Waals surface area contributed by atoms with E-state index >= 15 is 0 Å². The summed E-state index contributed by atoms with van der Waals surface area (Å²) in [5.74, 6) is 0.0850. The number of aliphatic hydroxyl groups is 1. The lowest BCUT2D eigenvalue weighted by Gasteiger charge is -2.38. The molecule has 1 aromatic rings. The van der Waals surface area contributed by atoms with Crippen molar-refractivity contribution in [3.05, 3.63) is 35.9 Å². The van der Waals surface area contributed by atoms with E-state index in [9.17, 15) is 4.79 Å². The van der Waals surface area contributed by atoms with Gasteiger partial charge in [0.1, 0.15) is 0 Å². The van der Waals surface area contributed by atoms with Gasteiger partial charge in [0.2, 0.25) is 0 Å². The molecular weight excluding hydrogens is 294 g/mol. The van der Waals surface area contributed by atoms with Gasteiger partial charge in [0.25, 0.3) is 5.91 Å². The number of carbonyl (C=O) groups is 1. The normalized spacial score (nSPS) is 25.7. The number of ether oxygens (including phenoxy) is 2. The summed E-state index contributed by atoms with van der Waals surface area (Å²) < 4.78 is 11.6. The predicted molar refractivity (Wildman–Crippen MR) is 85.9 cm³/mol. The number of aliphatic hydroxyl groups excluding tert-OH is 1. The molecular formula is C18H25NO4. The van der Waals surface area contributed by atoms with Crippen LogP contribution in [0.2, 0.25) is 0 Å². The zero-order valence-corrected chi connectivity index (χ0v) is 13.4. The zero-order valence-electron chi connectivity index (χ0n) is 13.4. The largest absolute Gasteiger partial charge is 0.394 e. The Balaban J connectivity index is 1.69. The second-order valence-corrected chi connectivity index (χ2v) is 6.23. The van der Waals surface area contributed by atoms with Crippen LogP contribution >= 0.6 is 0 Å². The van der Waals surface area contributed by atoms with Crippen LogP contribution in [0.5, 0.6) is 0 Å². The first-order chi connectivity index (χ1) is 11.3. The lowest BCUT2D eigenvalue weighted by atomic mass is 9.88. The van der Waals surface area contributed by atoms with Crippen LogP contribution in [-0.2, 0) is 19.9 Å². The maximum absolute atomic E-state index is 13.2. The van der Waals surface area contributed by atoms with E-state index in [2.05, 4.69) is 0 Å². The van der Waals surface area contributed by atoms with Gasteiger partial charge < -0.3 is 19.5 Å². The quantitative estimate of drug-likeness (QED) is 0.897. The molecule has 0 spiro atoms. The molecule has 1 atom stereocenters. The SMILES string of the molecule is O=C(N1CCC(OCCO)CC1)C1(c2ccccc2)CCCO1. The highest BCUT2D eigenvalue weighted by Crippen LogP contribution is 2.38. The highest BCUT2D eigenvalue weighted by molar-refractivity contribution is 5.87. The molecule has 2 saturated heterocycles. The Bertz CT molecular complexity index is 505. The van der Waals surface area contributed by atoms with Gasteiger partial charge in [-0.15, -0.1) is 0 Å². The highest BCUT2D eigenvalue weighted by atomic mass is 16.5. The molecule has 2 fully saturated rings. The lowest BCUT2D eigenvalue weighted by Crippen LogP contribution is -2.50. The van der Waals surface area contributed by atoms with E-state index in [-0.39, 0.29) is 18.6 Å². The number of hydrogen-bond donors (Lipinski definition) is 1. The van der Waals surface area contributed by atoms with Gasteiger partial charge in [-0.3, -0.25) is 4.79 Å². The smallest absolute Gasteiger partial charge is 0.259 e. The second kappa shape index (κ2) is 7.43. The second-order valence-electron chi connectivity index (χ2n) is 6.23. The number of hydrogen-bond acceptors (Lipinski definition) is 4. The Kier molecular flexibility index (Phi) is 5.30. The molecule has 5 nitrogen and oxygen atoms in total.